The number of halogens is 1. The van der Waals surface area contributed by atoms with Crippen molar-refractivity contribution in [3.63, 3.8) is 0 Å². The first kappa shape index (κ1) is 13.7. The number of nitrogens with zero attached hydrogens (tertiary/aromatic N) is 2. The lowest BCUT2D eigenvalue weighted by Gasteiger charge is -2.08. The van der Waals surface area contributed by atoms with Crippen LogP contribution in [0.5, 0.6) is 11.5 Å². The molecular weight excluding hydrogens is 264 g/mol. The summed E-state index contributed by atoms with van der Waals surface area (Å²) in [4.78, 5) is 0. The molecule has 0 unspecified atom stereocenters. The molecule has 0 aliphatic heterocycles. The highest BCUT2D eigenvalue weighted by Gasteiger charge is 2.11. The molecule has 0 saturated heterocycles. The maximum Gasteiger partial charge on any atom is 0.133 e. The first-order valence-electron chi connectivity index (χ1n) is 6.15. The SMILES string of the molecule is CCOc1cccc(OCc2c(C)nn(C)c2Cl)c1. The average Bonchev–Trinajstić information content (AvgIpc) is 2.62. The van der Waals surface area contributed by atoms with Gasteiger partial charge in [0.05, 0.1) is 12.3 Å². The Kier molecular flexibility index (Phi) is 4.32. The molecule has 0 fully saturated rings. The van der Waals surface area contributed by atoms with E-state index in [4.69, 9.17) is 21.1 Å². The van der Waals surface area contributed by atoms with Crippen LogP contribution in [-0.2, 0) is 13.7 Å². The van der Waals surface area contributed by atoms with Crippen molar-refractivity contribution >= 4 is 11.6 Å². The molecule has 0 saturated carbocycles. The standard InChI is InChI=1S/C14H17ClN2O2/c1-4-18-11-6-5-7-12(8-11)19-9-13-10(2)16-17(3)14(13)15/h5-8H,4,9H2,1-3H3. The molecule has 102 valence electrons. The minimum Gasteiger partial charge on any atom is -0.494 e. The molecule has 0 N–H and O–H groups in total. The summed E-state index contributed by atoms with van der Waals surface area (Å²) < 4.78 is 12.8. The summed E-state index contributed by atoms with van der Waals surface area (Å²) in [5.74, 6) is 1.55. The van der Waals surface area contributed by atoms with Crippen molar-refractivity contribution in [1.29, 1.82) is 0 Å². The van der Waals surface area contributed by atoms with E-state index in [0.29, 0.717) is 18.4 Å². The summed E-state index contributed by atoms with van der Waals surface area (Å²) in [5, 5.41) is 4.86. The zero-order valence-electron chi connectivity index (χ0n) is 11.3. The molecule has 1 aromatic heterocycles. The van der Waals surface area contributed by atoms with Crippen molar-refractivity contribution in [2.45, 2.75) is 20.5 Å². The van der Waals surface area contributed by atoms with Crippen LogP contribution < -0.4 is 9.47 Å². The molecule has 1 aromatic carbocycles. The van der Waals surface area contributed by atoms with Crippen molar-refractivity contribution in [1.82, 2.24) is 9.78 Å². The summed E-state index contributed by atoms with van der Waals surface area (Å²) in [7, 11) is 1.81. The Morgan fingerprint density at radius 2 is 1.95 bits per heavy atom. The van der Waals surface area contributed by atoms with Crippen LogP contribution in [0.1, 0.15) is 18.2 Å². The number of ether oxygens (including phenoxy) is 2. The van der Waals surface area contributed by atoms with Gasteiger partial charge in [0.15, 0.2) is 0 Å². The second-order valence-electron chi connectivity index (χ2n) is 4.17. The van der Waals surface area contributed by atoms with Gasteiger partial charge in [-0.05, 0) is 26.0 Å². The molecule has 19 heavy (non-hydrogen) atoms. The summed E-state index contributed by atoms with van der Waals surface area (Å²) in [5.41, 5.74) is 1.79. The molecule has 1 heterocycles. The van der Waals surface area contributed by atoms with Crippen molar-refractivity contribution in [3.8, 4) is 11.5 Å². The van der Waals surface area contributed by atoms with Crippen LogP contribution in [0.4, 0.5) is 0 Å². The quantitative estimate of drug-likeness (QED) is 0.843. The second kappa shape index (κ2) is 5.97. The number of benzene rings is 1. The van der Waals surface area contributed by atoms with Crippen molar-refractivity contribution in [2.75, 3.05) is 6.61 Å². The van der Waals surface area contributed by atoms with E-state index in [2.05, 4.69) is 5.10 Å². The van der Waals surface area contributed by atoms with Gasteiger partial charge in [0.2, 0.25) is 0 Å². The molecular formula is C14H17ClN2O2. The maximum atomic E-state index is 6.16. The fraction of sp³-hybridized carbons (Fsp3) is 0.357. The van der Waals surface area contributed by atoms with Crippen LogP contribution in [0, 0.1) is 6.92 Å². The van der Waals surface area contributed by atoms with Crippen molar-refractivity contribution in [3.05, 3.63) is 40.7 Å². The third kappa shape index (κ3) is 3.20. The van der Waals surface area contributed by atoms with Gasteiger partial charge in [-0.15, -0.1) is 0 Å². The Bertz CT molecular complexity index is 567. The predicted molar refractivity (Wildman–Crippen MR) is 74.9 cm³/mol. The number of hydrogen-bond acceptors (Lipinski definition) is 3. The molecule has 2 rings (SSSR count). The van der Waals surface area contributed by atoms with Gasteiger partial charge < -0.3 is 9.47 Å². The van der Waals surface area contributed by atoms with E-state index in [1.54, 1.807) is 4.68 Å². The lowest BCUT2D eigenvalue weighted by atomic mass is 10.3. The van der Waals surface area contributed by atoms with Gasteiger partial charge >= 0.3 is 0 Å². The highest BCUT2D eigenvalue weighted by molar-refractivity contribution is 6.30. The molecule has 0 spiro atoms. The predicted octanol–water partition coefficient (Wildman–Crippen LogP) is 3.36. The number of aromatic nitrogens is 2. The molecule has 0 aliphatic rings. The summed E-state index contributed by atoms with van der Waals surface area (Å²) in [6.45, 7) is 4.90. The van der Waals surface area contributed by atoms with Crippen molar-refractivity contribution in [2.24, 2.45) is 7.05 Å². The van der Waals surface area contributed by atoms with E-state index in [9.17, 15) is 0 Å². The topological polar surface area (TPSA) is 36.3 Å². The Morgan fingerprint density at radius 1 is 1.26 bits per heavy atom. The van der Waals surface area contributed by atoms with Gasteiger partial charge in [-0.25, -0.2) is 0 Å². The van der Waals surface area contributed by atoms with E-state index in [1.165, 1.54) is 0 Å². The normalized spacial score (nSPS) is 10.5. The number of rotatable bonds is 5. The minimum atomic E-state index is 0.397. The smallest absolute Gasteiger partial charge is 0.133 e. The van der Waals surface area contributed by atoms with Gasteiger partial charge in [0, 0.05) is 18.7 Å². The maximum absolute atomic E-state index is 6.16. The van der Waals surface area contributed by atoms with Crippen LogP contribution in [0.25, 0.3) is 0 Å². The Labute approximate surface area is 117 Å². The molecule has 0 radical (unpaired) electrons. The lowest BCUT2D eigenvalue weighted by molar-refractivity contribution is 0.299. The first-order valence-corrected chi connectivity index (χ1v) is 6.53. The zero-order valence-corrected chi connectivity index (χ0v) is 12.1. The molecule has 0 atom stereocenters. The highest BCUT2D eigenvalue weighted by Crippen LogP contribution is 2.23. The van der Waals surface area contributed by atoms with Crippen LogP contribution in [0.2, 0.25) is 5.15 Å². The number of hydrogen-bond donors (Lipinski definition) is 0. The average molecular weight is 281 g/mol. The Morgan fingerprint density at radius 3 is 2.53 bits per heavy atom. The van der Waals surface area contributed by atoms with Gasteiger partial charge in [-0.2, -0.15) is 5.10 Å². The van der Waals surface area contributed by atoms with Crippen LogP contribution in [0.3, 0.4) is 0 Å². The summed E-state index contributed by atoms with van der Waals surface area (Å²) in [6, 6.07) is 7.56. The Balaban J connectivity index is 2.08. The van der Waals surface area contributed by atoms with Crippen LogP contribution in [-0.4, -0.2) is 16.4 Å². The molecule has 5 heteroatoms. The fourth-order valence-corrected chi connectivity index (χ4v) is 2.04. The summed E-state index contributed by atoms with van der Waals surface area (Å²) in [6.07, 6.45) is 0. The molecule has 2 aromatic rings. The van der Waals surface area contributed by atoms with E-state index >= 15 is 0 Å². The lowest BCUT2D eigenvalue weighted by Crippen LogP contribution is -1.98. The van der Waals surface area contributed by atoms with E-state index < -0.39 is 0 Å². The van der Waals surface area contributed by atoms with E-state index in [0.717, 1.165) is 22.8 Å². The van der Waals surface area contributed by atoms with Gasteiger partial charge in [0.1, 0.15) is 23.3 Å². The molecule has 4 nitrogen and oxygen atoms in total. The third-order valence-electron chi connectivity index (χ3n) is 2.77. The van der Waals surface area contributed by atoms with E-state index in [1.807, 2.05) is 45.2 Å². The molecule has 0 aliphatic carbocycles. The molecule has 0 amide bonds. The highest BCUT2D eigenvalue weighted by atomic mass is 35.5. The third-order valence-corrected chi connectivity index (χ3v) is 3.24. The second-order valence-corrected chi connectivity index (χ2v) is 4.53. The number of aryl methyl sites for hydroxylation is 2. The first-order chi connectivity index (χ1) is 9.11. The van der Waals surface area contributed by atoms with Crippen LogP contribution in [0.15, 0.2) is 24.3 Å². The van der Waals surface area contributed by atoms with Crippen LogP contribution >= 0.6 is 11.6 Å². The fourth-order valence-electron chi connectivity index (χ4n) is 1.81. The monoisotopic (exact) mass is 280 g/mol. The summed E-state index contributed by atoms with van der Waals surface area (Å²) >= 11 is 6.16. The Hall–Kier alpha value is -1.68. The zero-order chi connectivity index (χ0) is 13.8. The largest absolute Gasteiger partial charge is 0.494 e. The van der Waals surface area contributed by atoms with Gasteiger partial charge in [-0.1, -0.05) is 17.7 Å². The molecule has 0 bridgehead atoms. The van der Waals surface area contributed by atoms with Gasteiger partial charge in [-0.3, -0.25) is 4.68 Å². The van der Waals surface area contributed by atoms with Gasteiger partial charge in [0.25, 0.3) is 0 Å². The van der Waals surface area contributed by atoms with E-state index in [-0.39, 0.29) is 0 Å². The van der Waals surface area contributed by atoms with Crippen molar-refractivity contribution < 1.29 is 9.47 Å². The minimum absolute atomic E-state index is 0.397.